The van der Waals surface area contributed by atoms with Crippen LogP contribution in [0.5, 0.6) is 5.75 Å². The third-order valence-electron chi connectivity index (χ3n) is 6.39. The van der Waals surface area contributed by atoms with Crippen molar-refractivity contribution in [1.29, 1.82) is 0 Å². The third-order valence-corrected chi connectivity index (χ3v) is 6.39. The van der Waals surface area contributed by atoms with Crippen LogP contribution in [0.1, 0.15) is 54.0 Å². The van der Waals surface area contributed by atoms with Gasteiger partial charge in [0.2, 0.25) is 0 Å². The first kappa shape index (κ1) is 19.2. The van der Waals surface area contributed by atoms with Crippen LogP contribution in [0, 0.1) is 20.8 Å². The van der Waals surface area contributed by atoms with Gasteiger partial charge in [-0.05, 0) is 68.9 Å². The Morgan fingerprint density at radius 3 is 2.86 bits per heavy atom. The predicted octanol–water partition coefficient (Wildman–Crippen LogP) is 3.61. The molecule has 5 nitrogen and oxygen atoms in total. The molecular formula is C23H30N2O3. The molecule has 5 heteroatoms. The van der Waals surface area contributed by atoms with Gasteiger partial charge in [-0.3, -0.25) is 4.98 Å². The molecule has 1 aliphatic carbocycles. The highest BCUT2D eigenvalue weighted by Crippen LogP contribution is 2.48. The maximum absolute atomic E-state index is 11.3. The minimum Gasteiger partial charge on any atom is -0.490 e. The number of aliphatic hydroxyl groups is 2. The maximum Gasteiger partial charge on any atom is 0.138 e. The Hall–Kier alpha value is -2.11. The van der Waals surface area contributed by atoms with Gasteiger partial charge < -0.3 is 19.8 Å². The van der Waals surface area contributed by atoms with Gasteiger partial charge in [0.1, 0.15) is 24.2 Å². The molecule has 1 saturated carbocycles. The molecule has 1 aromatic heterocycles. The number of anilines is 1. The largest absolute Gasteiger partial charge is 0.490 e. The first-order chi connectivity index (χ1) is 13.4. The molecule has 3 unspecified atom stereocenters. The molecule has 150 valence electrons. The van der Waals surface area contributed by atoms with Crippen LogP contribution in [0.3, 0.4) is 0 Å². The molecule has 28 heavy (non-hydrogen) atoms. The highest BCUT2D eigenvalue weighted by Gasteiger charge is 2.46. The van der Waals surface area contributed by atoms with Crippen molar-refractivity contribution >= 4 is 5.69 Å². The first-order valence-corrected chi connectivity index (χ1v) is 10.2. The van der Waals surface area contributed by atoms with Crippen LogP contribution < -0.4 is 9.64 Å². The van der Waals surface area contributed by atoms with Crippen molar-refractivity contribution in [2.45, 2.75) is 64.2 Å². The van der Waals surface area contributed by atoms with Crippen LogP contribution in [-0.2, 0) is 0 Å². The van der Waals surface area contributed by atoms with E-state index in [4.69, 9.17) is 4.74 Å². The first-order valence-electron chi connectivity index (χ1n) is 10.2. The fraction of sp³-hybridized carbons (Fsp3) is 0.522. The fourth-order valence-corrected chi connectivity index (χ4v) is 4.74. The van der Waals surface area contributed by atoms with Crippen LogP contribution in [0.15, 0.2) is 30.5 Å². The number of aryl methyl sites for hydroxylation is 2. The molecule has 1 aromatic carbocycles. The van der Waals surface area contributed by atoms with E-state index in [1.165, 1.54) is 5.56 Å². The van der Waals surface area contributed by atoms with Crippen molar-refractivity contribution in [3.8, 4) is 5.75 Å². The predicted molar refractivity (Wildman–Crippen MR) is 110 cm³/mol. The smallest absolute Gasteiger partial charge is 0.138 e. The monoisotopic (exact) mass is 382 g/mol. The number of nitrogens with zero attached hydrogens (tertiary/aromatic N) is 2. The molecule has 2 aromatic rings. The normalized spacial score (nSPS) is 24.6. The Balaban J connectivity index is 1.52. The lowest BCUT2D eigenvalue weighted by Crippen LogP contribution is -2.57. The van der Waals surface area contributed by atoms with Crippen molar-refractivity contribution < 1.29 is 14.9 Å². The van der Waals surface area contributed by atoms with Gasteiger partial charge in [-0.15, -0.1) is 0 Å². The Labute approximate surface area is 167 Å². The lowest BCUT2D eigenvalue weighted by atomic mass is 9.76. The molecular weight excluding hydrogens is 352 g/mol. The number of rotatable bonds is 5. The molecule has 1 fully saturated rings. The Morgan fingerprint density at radius 1 is 1.25 bits per heavy atom. The van der Waals surface area contributed by atoms with Gasteiger partial charge in [-0.1, -0.05) is 12.1 Å². The second-order valence-electron chi connectivity index (χ2n) is 8.41. The number of hydrogen-bond acceptors (Lipinski definition) is 5. The zero-order chi connectivity index (χ0) is 19.9. The highest BCUT2D eigenvalue weighted by atomic mass is 16.5. The number of hydrogen-bond donors (Lipinski definition) is 2. The van der Waals surface area contributed by atoms with E-state index in [2.05, 4.69) is 18.0 Å². The SMILES string of the molecule is Cc1ccc(C)c(OCC(O)CN2c3cccnc3C3CCCC2(O)C3)c1C. The number of ether oxygens (including phenoxy) is 1. The minimum atomic E-state index is -0.908. The number of aliphatic hydroxyl groups excluding tert-OH is 1. The minimum absolute atomic E-state index is 0.191. The fourth-order valence-electron chi connectivity index (χ4n) is 4.74. The van der Waals surface area contributed by atoms with Gasteiger partial charge in [0, 0.05) is 18.5 Å². The van der Waals surface area contributed by atoms with Crippen molar-refractivity contribution in [2.24, 2.45) is 0 Å². The summed E-state index contributed by atoms with van der Waals surface area (Å²) in [5, 5.41) is 22.1. The van der Waals surface area contributed by atoms with Crippen LogP contribution in [0.25, 0.3) is 0 Å². The van der Waals surface area contributed by atoms with Gasteiger partial charge >= 0.3 is 0 Å². The molecule has 0 spiro atoms. The Bertz CT molecular complexity index is 869. The number of β-amino-alcohol motifs (C(OH)–C–C–N with tert-alkyl or cyclic N) is 1. The highest BCUT2D eigenvalue weighted by molar-refractivity contribution is 5.57. The molecule has 2 bridgehead atoms. The van der Waals surface area contributed by atoms with Crippen molar-refractivity contribution in [3.63, 3.8) is 0 Å². The van der Waals surface area contributed by atoms with E-state index in [0.717, 1.165) is 47.5 Å². The van der Waals surface area contributed by atoms with Crippen LogP contribution >= 0.6 is 0 Å². The van der Waals surface area contributed by atoms with Gasteiger partial charge in [-0.25, -0.2) is 0 Å². The van der Waals surface area contributed by atoms with E-state index in [0.29, 0.717) is 18.9 Å². The summed E-state index contributed by atoms with van der Waals surface area (Å²) in [6.07, 6.45) is 4.55. The van der Waals surface area contributed by atoms with Crippen LogP contribution in [0.4, 0.5) is 5.69 Å². The lowest BCUT2D eigenvalue weighted by molar-refractivity contribution is -0.0230. The molecule has 4 rings (SSSR count). The van der Waals surface area contributed by atoms with E-state index in [-0.39, 0.29) is 6.61 Å². The van der Waals surface area contributed by atoms with E-state index in [1.807, 2.05) is 43.1 Å². The Kier molecular flexibility index (Phi) is 5.06. The number of aromatic nitrogens is 1. The van der Waals surface area contributed by atoms with E-state index in [9.17, 15) is 10.2 Å². The van der Waals surface area contributed by atoms with Gasteiger partial charge in [0.05, 0.1) is 17.9 Å². The van der Waals surface area contributed by atoms with Crippen LogP contribution in [0.2, 0.25) is 0 Å². The van der Waals surface area contributed by atoms with Crippen molar-refractivity contribution in [3.05, 3.63) is 52.8 Å². The van der Waals surface area contributed by atoms with E-state index in [1.54, 1.807) is 0 Å². The molecule has 0 radical (unpaired) electrons. The molecule has 2 aliphatic rings. The van der Waals surface area contributed by atoms with Gasteiger partial charge in [0.15, 0.2) is 0 Å². The summed E-state index contributed by atoms with van der Waals surface area (Å²) in [7, 11) is 0. The zero-order valence-electron chi connectivity index (χ0n) is 17.0. The van der Waals surface area contributed by atoms with Gasteiger partial charge in [-0.2, -0.15) is 0 Å². The number of fused-ring (bicyclic) bond motifs is 4. The summed E-state index contributed by atoms with van der Waals surface area (Å²) < 4.78 is 6.00. The topological polar surface area (TPSA) is 65.8 Å². The Morgan fingerprint density at radius 2 is 2.04 bits per heavy atom. The summed E-state index contributed by atoms with van der Waals surface area (Å²) >= 11 is 0. The average molecular weight is 383 g/mol. The lowest BCUT2D eigenvalue weighted by Gasteiger charge is -2.51. The maximum atomic E-state index is 11.3. The molecule has 0 amide bonds. The molecule has 2 N–H and O–H groups in total. The van der Waals surface area contributed by atoms with Crippen molar-refractivity contribution in [2.75, 3.05) is 18.1 Å². The summed E-state index contributed by atoms with van der Waals surface area (Å²) in [5.74, 6) is 1.15. The number of benzene rings is 1. The standard InChI is InChI=1S/C23H30N2O3/c1-15-8-9-16(2)22(17(15)3)28-14-19(26)13-25-20-7-5-11-24-21(20)18-6-4-10-23(25,27)12-18/h5,7-9,11,18-19,26-27H,4,6,10,12-14H2,1-3H3. The number of pyridine rings is 1. The summed E-state index contributed by atoms with van der Waals surface area (Å²) in [6, 6.07) is 8.04. The molecule has 2 heterocycles. The second kappa shape index (κ2) is 7.37. The van der Waals surface area contributed by atoms with Gasteiger partial charge in [0.25, 0.3) is 0 Å². The van der Waals surface area contributed by atoms with Crippen molar-refractivity contribution in [1.82, 2.24) is 4.98 Å². The average Bonchev–Trinajstić information content (AvgIpc) is 2.68. The molecule has 3 atom stereocenters. The van der Waals surface area contributed by atoms with Crippen LogP contribution in [-0.4, -0.2) is 40.2 Å². The third kappa shape index (κ3) is 3.38. The zero-order valence-corrected chi connectivity index (χ0v) is 17.0. The van der Waals surface area contributed by atoms with E-state index < -0.39 is 11.8 Å². The van der Waals surface area contributed by atoms with E-state index >= 15 is 0 Å². The quantitative estimate of drug-likeness (QED) is 0.827. The molecule has 0 saturated heterocycles. The molecule has 1 aliphatic heterocycles. The summed E-state index contributed by atoms with van der Waals surface area (Å²) in [5.41, 5.74) is 4.43. The second-order valence-corrected chi connectivity index (χ2v) is 8.41. The summed E-state index contributed by atoms with van der Waals surface area (Å²) in [4.78, 5) is 6.54. The summed E-state index contributed by atoms with van der Waals surface area (Å²) in [6.45, 7) is 6.64.